The highest BCUT2D eigenvalue weighted by Crippen LogP contribution is 2.25. The molecule has 5 nitrogen and oxygen atoms in total. The van der Waals surface area contributed by atoms with Gasteiger partial charge in [0.25, 0.3) is 0 Å². The van der Waals surface area contributed by atoms with Gasteiger partial charge in [-0.2, -0.15) is 0 Å². The number of rotatable bonds is 5. The fourth-order valence-electron chi connectivity index (χ4n) is 3.13. The van der Waals surface area contributed by atoms with Crippen LogP contribution < -0.4 is 15.8 Å². The molecule has 0 radical (unpaired) electrons. The van der Waals surface area contributed by atoms with Crippen LogP contribution in [-0.4, -0.2) is 43.1 Å². The molecule has 5 heteroatoms. The van der Waals surface area contributed by atoms with Gasteiger partial charge in [0.15, 0.2) is 0 Å². The minimum absolute atomic E-state index is 0.234. The van der Waals surface area contributed by atoms with E-state index < -0.39 is 0 Å². The molecule has 0 unspecified atom stereocenters. The predicted molar refractivity (Wildman–Crippen MR) is 81.1 cm³/mol. The van der Waals surface area contributed by atoms with E-state index in [-0.39, 0.29) is 5.91 Å². The highest BCUT2D eigenvalue weighted by atomic mass is 16.5. The summed E-state index contributed by atoms with van der Waals surface area (Å²) in [5, 5.41) is 3.62. The van der Waals surface area contributed by atoms with Crippen molar-refractivity contribution in [2.45, 2.75) is 31.8 Å². The first kappa shape index (κ1) is 14.4. The molecule has 0 saturated carbocycles. The lowest BCUT2D eigenvalue weighted by molar-refractivity contribution is -0.119. The average molecular weight is 289 g/mol. The largest absolute Gasteiger partial charge is 0.493 e. The van der Waals surface area contributed by atoms with E-state index in [4.69, 9.17) is 10.5 Å². The van der Waals surface area contributed by atoms with Crippen molar-refractivity contribution in [3.05, 3.63) is 29.3 Å². The predicted octanol–water partition coefficient (Wildman–Crippen LogP) is 0.661. The lowest BCUT2D eigenvalue weighted by Crippen LogP contribution is -2.45. The number of likely N-dealkylation sites (tertiary alicyclic amines) is 1. The molecule has 0 spiro atoms. The molecule has 0 aromatic heterocycles. The smallest absolute Gasteiger partial charge is 0.231 e. The Morgan fingerprint density at radius 2 is 2.19 bits per heavy atom. The number of fused-ring (bicyclic) bond motifs is 1. The average Bonchev–Trinajstić information content (AvgIpc) is 2.93. The molecule has 2 aliphatic heterocycles. The Bertz CT molecular complexity index is 510. The summed E-state index contributed by atoms with van der Waals surface area (Å²) in [5.74, 6) is 0.806. The molecular formula is C16H23N3O2. The third-order valence-corrected chi connectivity index (χ3v) is 4.32. The van der Waals surface area contributed by atoms with Gasteiger partial charge in [-0.15, -0.1) is 0 Å². The number of nitrogens with two attached hydrogens (primary N) is 1. The Kier molecular flexibility index (Phi) is 4.41. The Morgan fingerprint density at radius 1 is 1.38 bits per heavy atom. The van der Waals surface area contributed by atoms with E-state index in [1.165, 1.54) is 11.1 Å². The number of carbonyl (C=O) groups excluding carboxylic acids is 1. The van der Waals surface area contributed by atoms with Gasteiger partial charge in [-0.3, -0.25) is 9.69 Å². The van der Waals surface area contributed by atoms with Crippen molar-refractivity contribution < 1.29 is 9.53 Å². The van der Waals surface area contributed by atoms with Gasteiger partial charge >= 0.3 is 0 Å². The summed E-state index contributed by atoms with van der Waals surface area (Å²) in [5.41, 5.74) is 7.87. The maximum absolute atomic E-state index is 10.9. The SMILES string of the molecule is NC(=O)CN1CCC(NCc2ccc3c(c2)CCO3)CC1. The number of amides is 1. The highest BCUT2D eigenvalue weighted by Gasteiger charge is 2.20. The van der Waals surface area contributed by atoms with Crippen molar-refractivity contribution in [1.29, 1.82) is 0 Å². The van der Waals surface area contributed by atoms with Gasteiger partial charge in [-0.05, 0) is 30.0 Å². The molecule has 0 aliphatic carbocycles. The Morgan fingerprint density at radius 3 is 2.95 bits per heavy atom. The van der Waals surface area contributed by atoms with E-state index in [2.05, 4.69) is 28.4 Å². The van der Waals surface area contributed by atoms with Gasteiger partial charge in [0, 0.05) is 32.1 Å². The van der Waals surface area contributed by atoms with Crippen LogP contribution in [0.3, 0.4) is 0 Å². The fraction of sp³-hybridized carbons (Fsp3) is 0.562. The second-order valence-electron chi connectivity index (χ2n) is 5.94. The van der Waals surface area contributed by atoms with Crippen molar-refractivity contribution in [3.8, 4) is 5.75 Å². The van der Waals surface area contributed by atoms with E-state index in [1.807, 2.05) is 0 Å². The normalized spacial score (nSPS) is 19.2. The van der Waals surface area contributed by atoms with E-state index in [0.717, 1.165) is 51.3 Å². The maximum Gasteiger partial charge on any atom is 0.231 e. The minimum atomic E-state index is -0.234. The van der Waals surface area contributed by atoms with Crippen LogP contribution in [0, 0.1) is 0 Å². The van der Waals surface area contributed by atoms with Crippen LogP contribution in [0.2, 0.25) is 0 Å². The molecular weight excluding hydrogens is 266 g/mol. The van der Waals surface area contributed by atoms with Gasteiger partial charge in [0.1, 0.15) is 5.75 Å². The second-order valence-corrected chi connectivity index (χ2v) is 5.94. The van der Waals surface area contributed by atoms with Crippen LogP contribution in [0.1, 0.15) is 24.0 Å². The number of hydrogen-bond donors (Lipinski definition) is 2. The summed E-state index contributed by atoms with van der Waals surface area (Å²) in [6, 6.07) is 6.99. The standard InChI is InChI=1S/C16H23N3O2/c17-16(20)11-19-6-3-14(4-7-19)18-10-12-1-2-15-13(9-12)5-8-21-15/h1-2,9,14,18H,3-8,10-11H2,(H2,17,20). The summed E-state index contributed by atoms with van der Waals surface area (Å²) < 4.78 is 5.53. The fourth-order valence-corrected chi connectivity index (χ4v) is 3.13. The second kappa shape index (κ2) is 6.45. The first-order chi connectivity index (χ1) is 10.2. The van der Waals surface area contributed by atoms with E-state index >= 15 is 0 Å². The summed E-state index contributed by atoms with van der Waals surface area (Å²) in [7, 11) is 0. The molecule has 3 rings (SSSR count). The maximum atomic E-state index is 10.9. The Hall–Kier alpha value is -1.59. The topological polar surface area (TPSA) is 67.6 Å². The molecule has 114 valence electrons. The monoisotopic (exact) mass is 289 g/mol. The first-order valence-electron chi connectivity index (χ1n) is 7.69. The molecule has 0 atom stereocenters. The van der Waals surface area contributed by atoms with Crippen LogP contribution >= 0.6 is 0 Å². The van der Waals surface area contributed by atoms with Crippen LogP contribution in [-0.2, 0) is 17.8 Å². The van der Waals surface area contributed by atoms with Crippen molar-refractivity contribution in [3.63, 3.8) is 0 Å². The zero-order chi connectivity index (χ0) is 14.7. The van der Waals surface area contributed by atoms with Crippen molar-refractivity contribution in [1.82, 2.24) is 10.2 Å². The Balaban J connectivity index is 1.45. The van der Waals surface area contributed by atoms with Gasteiger partial charge in [0.2, 0.25) is 5.91 Å². The van der Waals surface area contributed by atoms with Crippen LogP contribution in [0.5, 0.6) is 5.75 Å². The minimum Gasteiger partial charge on any atom is -0.493 e. The third kappa shape index (κ3) is 3.74. The number of nitrogens with zero attached hydrogens (tertiary/aromatic N) is 1. The van der Waals surface area contributed by atoms with E-state index in [0.29, 0.717) is 12.6 Å². The molecule has 1 amide bonds. The van der Waals surface area contributed by atoms with Gasteiger partial charge in [0.05, 0.1) is 13.2 Å². The molecule has 1 aromatic carbocycles. The summed E-state index contributed by atoms with van der Waals surface area (Å²) in [6.45, 7) is 3.98. The van der Waals surface area contributed by atoms with Gasteiger partial charge in [-0.1, -0.05) is 12.1 Å². The number of hydrogen-bond acceptors (Lipinski definition) is 4. The zero-order valence-electron chi connectivity index (χ0n) is 12.3. The highest BCUT2D eigenvalue weighted by molar-refractivity contribution is 5.75. The molecule has 2 heterocycles. The van der Waals surface area contributed by atoms with Crippen LogP contribution in [0.4, 0.5) is 0 Å². The Labute approximate surface area is 125 Å². The molecule has 0 bridgehead atoms. The lowest BCUT2D eigenvalue weighted by atomic mass is 10.0. The number of carbonyl (C=O) groups is 1. The van der Waals surface area contributed by atoms with Crippen molar-refractivity contribution in [2.24, 2.45) is 5.73 Å². The van der Waals surface area contributed by atoms with Crippen molar-refractivity contribution in [2.75, 3.05) is 26.2 Å². The summed E-state index contributed by atoms with van der Waals surface area (Å²) >= 11 is 0. The molecule has 2 aliphatic rings. The van der Waals surface area contributed by atoms with Gasteiger partial charge in [-0.25, -0.2) is 0 Å². The zero-order valence-corrected chi connectivity index (χ0v) is 12.3. The number of nitrogens with one attached hydrogen (secondary N) is 1. The molecule has 21 heavy (non-hydrogen) atoms. The number of primary amides is 1. The first-order valence-corrected chi connectivity index (χ1v) is 7.69. The van der Waals surface area contributed by atoms with Crippen molar-refractivity contribution >= 4 is 5.91 Å². The van der Waals surface area contributed by atoms with Crippen LogP contribution in [0.25, 0.3) is 0 Å². The third-order valence-electron chi connectivity index (χ3n) is 4.32. The quantitative estimate of drug-likeness (QED) is 0.835. The van der Waals surface area contributed by atoms with Gasteiger partial charge < -0.3 is 15.8 Å². The molecule has 1 aromatic rings. The van der Waals surface area contributed by atoms with E-state index in [1.54, 1.807) is 0 Å². The summed E-state index contributed by atoms with van der Waals surface area (Å²) in [6.07, 6.45) is 3.16. The lowest BCUT2D eigenvalue weighted by Gasteiger charge is -2.31. The molecule has 1 saturated heterocycles. The van der Waals surface area contributed by atoms with Crippen LogP contribution in [0.15, 0.2) is 18.2 Å². The number of benzene rings is 1. The summed E-state index contributed by atoms with van der Waals surface area (Å²) in [4.78, 5) is 13.0. The number of ether oxygens (including phenoxy) is 1. The molecule has 3 N–H and O–H groups in total. The molecule has 1 fully saturated rings. The van der Waals surface area contributed by atoms with E-state index in [9.17, 15) is 4.79 Å². The number of piperidine rings is 1.